The van der Waals surface area contributed by atoms with Crippen LogP contribution in [0.5, 0.6) is 5.75 Å². The predicted molar refractivity (Wildman–Crippen MR) is 90.3 cm³/mol. The van der Waals surface area contributed by atoms with Crippen LogP contribution < -0.4 is 5.32 Å². The molecule has 0 bridgehead atoms. The highest BCUT2D eigenvalue weighted by Crippen LogP contribution is 2.32. The predicted octanol–water partition coefficient (Wildman–Crippen LogP) is 4.08. The first-order chi connectivity index (χ1) is 10.6. The van der Waals surface area contributed by atoms with E-state index in [1.807, 2.05) is 56.3 Å². The van der Waals surface area contributed by atoms with Gasteiger partial charge in [0, 0.05) is 11.9 Å². The minimum absolute atomic E-state index is 0.0458. The highest BCUT2D eigenvalue weighted by molar-refractivity contribution is 6.07. The van der Waals surface area contributed by atoms with Crippen molar-refractivity contribution in [2.75, 3.05) is 6.54 Å². The molecule has 0 atom stereocenters. The molecule has 0 fully saturated rings. The summed E-state index contributed by atoms with van der Waals surface area (Å²) in [6.07, 6.45) is 0. The van der Waals surface area contributed by atoms with Gasteiger partial charge in [-0.15, -0.1) is 0 Å². The summed E-state index contributed by atoms with van der Waals surface area (Å²) in [6.45, 7) is 4.66. The van der Waals surface area contributed by atoms with Crippen LogP contribution in [0.25, 0.3) is 21.5 Å². The molecule has 0 radical (unpaired) electrons. The molecule has 112 valence electrons. The maximum Gasteiger partial charge on any atom is 0.255 e. The number of fused-ring (bicyclic) bond motifs is 2. The lowest BCUT2D eigenvalue weighted by molar-refractivity contribution is 0.0946. The zero-order chi connectivity index (χ0) is 15.7. The molecule has 0 saturated heterocycles. The normalized spacial score (nSPS) is 11.2. The van der Waals surface area contributed by atoms with Crippen LogP contribution in [0.4, 0.5) is 0 Å². The van der Waals surface area contributed by atoms with Gasteiger partial charge in [0.1, 0.15) is 5.75 Å². The summed E-state index contributed by atoms with van der Waals surface area (Å²) in [7, 11) is 0. The SMILES string of the molecule is CC(C)CNC(=O)c1ccc2cc3ccccc3cc2c1O. The van der Waals surface area contributed by atoms with Gasteiger partial charge in [-0.25, -0.2) is 0 Å². The number of benzene rings is 3. The van der Waals surface area contributed by atoms with Crippen molar-refractivity contribution in [3.05, 3.63) is 54.1 Å². The number of rotatable bonds is 3. The number of aromatic hydroxyl groups is 1. The van der Waals surface area contributed by atoms with E-state index < -0.39 is 0 Å². The lowest BCUT2D eigenvalue weighted by Gasteiger charge is -2.11. The Kier molecular flexibility index (Phi) is 3.72. The third-order valence-corrected chi connectivity index (χ3v) is 3.77. The lowest BCUT2D eigenvalue weighted by Crippen LogP contribution is -2.27. The molecule has 0 saturated carbocycles. The highest BCUT2D eigenvalue weighted by atomic mass is 16.3. The van der Waals surface area contributed by atoms with Crippen LogP contribution in [0.1, 0.15) is 24.2 Å². The van der Waals surface area contributed by atoms with Crippen LogP contribution in [-0.4, -0.2) is 17.6 Å². The number of nitrogens with one attached hydrogen (secondary N) is 1. The highest BCUT2D eigenvalue weighted by Gasteiger charge is 2.14. The minimum Gasteiger partial charge on any atom is -0.506 e. The van der Waals surface area contributed by atoms with Crippen molar-refractivity contribution in [1.82, 2.24) is 5.32 Å². The van der Waals surface area contributed by atoms with Crippen LogP contribution in [-0.2, 0) is 0 Å². The van der Waals surface area contributed by atoms with Crippen LogP contribution >= 0.6 is 0 Å². The van der Waals surface area contributed by atoms with Gasteiger partial charge in [0.2, 0.25) is 0 Å². The number of carbonyl (C=O) groups excluding carboxylic acids is 1. The molecular formula is C19H19NO2. The molecule has 0 spiro atoms. The largest absolute Gasteiger partial charge is 0.506 e. The van der Waals surface area contributed by atoms with Gasteiger partial charge in [0.25, 0.3) is 5.91 Å². The van der Waals surface area contributed by atoms with Gasteiger partial charge in [0.15, 0.2) is 0 Å². The number of hydrogen-bond acceptors (Lipinski definition) is 2. The molecule has 22 heavy (non-hydrogen) atoms. The molecule has 2 N–H and O–H groups in total. The molecule has 0 unspecified atom stereocenters. The van der Waals surface area contributed by atoms with Gasteiger partial charge in [-0.3, -0.25) is 4.79 Å². The van der Waals surface area contributed by atoms with Gasteiger partial charge in [-0.2, -0.15) is 0 Å². The molecule has 3 aromatic rings. The maximum atomic E-state index is 12.2. The minimum atomic E-state index is -0.235. The van der Waals surface area contributed by atoms with E-state index in [1.54, 1.807) is 6.07 Å². The molecule has 3 nitrogen and oxygen atoms in total. The summed E-state index contributed by atoms with van der Waals surface area (Å²) in [5, 5.41) is 17.1. The van der Waals surface area contributed by atoms with Gasteiger partial charge in [0.05, 0.1) is 5.56 Å². The number of hydrogen-bond donors (Lipinski definition) is 2. The summed E-state index contributed by atoms with van der Waals surface area (Å²) in [6, 6.07) is 15.5. The van der Waals surface area contributed by atoms with Gasteiger partial charge in [-0.05, 0) is 40.3 Å². The third kappa shape index (κ3) is 2.62. The molecule has 3 heteroatoms. The van der Waals surface area contributed by atoms with E-state index >= 15 is 0 Å². The first kappa shape index (κ1) is 14.4. The van der Waals surface area contributed by atoms with Gasteiger partial charge < -0.3 is 10.4 Å². The Morgan fingerprint density at radius 2 is 1.73 bits per heavy atom. The topological polar surface area (TPSA) is 49.3 Å². The fraction of sp³-hybridized carbons (Fsp3) is 0.211. The van der Waals surface area contributed by atoms with Crippen LogP contribution in [0.3, 0.4) is 0 Å². The number of phenols is 1. The van der Waals surface area contributed by atoms with E-state index in [0.29, 0.717) is 23.4 Å². The average Bonchev–Trinajstić information content (AvgIpc) is 2.51. The summed E-state index contributed by atoms with van der Waals surface area (Å²) >= 11 is 0. The molecule has 0 aliphatic rings. The fourth-order valence-corrected chi connectivity index (χ4v) is 2.57. The molecule has 0 aliphatic carbocycles. The van der Waals surface area contributed by atoms with Crippen LogP contribution in [0.2, 0.25) is 0 Å². The standard InChI is InChI=1S/C19H19NO2/c1-12(2)11-20-19(22)16-8-7-15-9-13-5-3-4-6-14(13)10-17(15)18(16)21/h3-10,12,21H,11H2,1-2H3,(H,20,22). The number of amides is 1. The van der Waals surface area contributed by atoms with Crippen molar-refractivity contribution in [3.8, 4) is 5.75 Å². The molecule has 0 heterocycles. The molecule has 0 aromatic heterocycles. The Morgan fingerprint density at radius 3 is 2.41 bits per heavy atom. The first-order valence-electron chi connectivity index (χ1n) is 7.49. The Bertz CT molecular complexity index is 853. The second-order valence-corrected chi connectivity index (χ2v) is 5.99. The first-order valence-corrected chi connectivity index (χ1v) is 7.49. The number of phenolic OH excluding ortho intramolecular Hbond substituents is 1. The zero-order valence-electron chi connectivity index (χ0n) is 12.8. The third-order valence-electron chi connectivity index (χ3n) is 3.77. The monoisotopic (exact) mass is 293 g/mol. The van der Waals surface area contributed by atoms with E-state index in [0.717, 1.165) is 16.2 Å². The smallest absolute Gasteiger partial charge is 0.255 e. The Labute approximate surface area is 129 Å². The summed E-state index contributed by atoms with van der Waals surface area (Å²) in [5.41, 5.74) is 0.323. The van der Waals surface area contributed by atoms with E-state index in [4.69, 9.17) is 0 Å². The molecule has 3 aromatic carbocycles. The Morgan fingerprint density at radius 1 is 1.05 bits per heavy atom. The second kappa shape index (κ2) is 5.68. The molecular weight excluding hydrogens is 274 g/mol. The van der Waals surface area contributed by atoms with Crippen LogP contribution in [0, 0.1) is 5.92 Å². The van der Waals surface area contributed by atoms with E-state index in [-0.39, 0.29) is 11.7 Å². The quantitative estimate of drug-likeness (QED) is 0.715. The maximum absolute atomic E-state index is 12.2. The van der Waals surface area contributed by atoms with Gasteiger partial charge >= 0.3 is 0 Å². The second-order valence-electron chi connectivity index (χ2n) is 5.99. The summed E-state index contributed by atoms with van der Waals surface area (Å²) in [4.78, 5) is 12.2. The van der Waals surface area contributed by atoms with E-state index in [2.05, 4.69) is 5.32 Å². The van der Waals surface area contributed by atoms with Crippen molar-refractivity contribution in [2.24, 2.45) is 5.92 Å². The Hall–Kier alpha value is -2.55. The van der Waals surface area contributed by atoms with Crippen molar-refractivity contribution in [2.45, 2.75) is 13.8 Å². The summed E-state index contributed by atoms with van der Waals surface area (Å²) in [5.74, 6) is 0.182. The fourth-order valence-electron chi connectivity index (χ4n) is 2.57. The Balaban J connectivity index is 2.08. The van der Waals surface area contributed by atoms with Crippen molar-refractivity contribution >= 4 is 27.5 Å². The van der Waals surface area contributed by atoms with E-state index in [1.165, 1.54) is 0 Å². The molecule has 3 rings (SSSR count). The van der Waals surface area contributed by atoms with Crippen molar-refractivity contribution in [1.29, 1.82) is 0 Å². The van der Waals surface area contributed by atoms with Gasteiger partial charge in [-0.1, -0.05) is 44.2 Å². The lowest BCUT2D eigenvalue weighted by atomic mass is 10.00. The summed E-state index contributed by atoms with van der Waals surface area (Å²) < 4.78 is 0. The molecule has 0 aliphatic heterocycles. The average molecular weight is 293 g/mol. The zero-order valence-corrected chi connectivity index (χ0v) is 12.8. The van der Waals surface area contributed by atoms with Crippen molar-refractivity contribution < 1.29 is 9.90 Å². The number of carbonyl (C=O) groups is 1. The van der Waals surface area contributed by atoms with Crippen molar-refractivity contribution in [3.63, 3.8) is 0 Å². The van der Waals surface area contributed by atoms with Crippen LogP contribution in [0.15, 0.2) is 48.5 Å². The molecule has 1 amide bonds. The van der Waals surface area contributed by atoms with E-state index in [9.17, 15) is 9.90 Å².